The molecule has 3 atom stereocenters. The van der Waals surface area contributed by atoms with E-state index < -0.39 is 0 Å². The first kappa shape index (κ1) is 24.2. The molecule has 2 N–H and O–H groups in total. The first-order chi connectivity index (χ1) is 11.1. The first-order valence-corrected chi connectivity index (χ1v) is 8.91. The van der Waals surface area contributed by atoms with Crippen LogP contribution in [0.4, 0.5) is 0 Å². The second-order valence-corrected chi connectivity index (χ2v) is 6.58. The van der Waals surface area contributed by atoms with Crippen LogP contribution < -0.4 is 5.73 Å². The molecule has 0 radical (unpaired) electrons. The van der Waals surface area contributed by atoms with E-state index in [1.807, 2.05) is 23.1 Å². The predicted molar refractivity (Wildman–Crippen MR) is 110 cm³/mol. The van der Waals surface area contributed by atoms with Crippen molar-refractivity contribution in [1.29, 1.82) is 0 Å². The summed E-state index contributed by atoms with van der Waals surface area (Å²) in [5, 5.41) is 0. The Morgan fingerprint density at radius 2 is 1.84 bits per heavy atom. The number of halogens is 2. The SMILES string of the molecule is CCN(CC)C(C(=O)N1CCCC(C(C)N)C1)c1ccccc1.Cl.Cl. The summed E-state index contributed by atoms with van der Waals surface area (Å²) in [4.78, 5) is 17.5. The van der Waals surface area contributed by atoms with Crippen LogP contribution >= 0.6 is 24.8 Å². The van der Waals surface area contributed by atoms with Gasteiger partial charge in [-0.2, -0.15) is 0 Å². The van der Waals surface area contributed by atoms with Gasteiger partial charge in [0.1, 0.15) is 6.04 Å². The highest BCUT2D eigenvalue weighted by molar-refractivity contribution is 5.85. The number of hydrogen-bond acceptors (Lipinski definition) is 3. The van der Waals surface area contributed by atoms with Crippen molar-refractivity contribution in [3.8, 4) is 0 Å². The minimum atomic E-state index is -0.182. The van der Waals surface area contributed by atoms with Crippen LogP contribution in [0.3, 0.4) is 0 Å². The average Bonchev–Trinajstić information content (AvgIpc) is 2.59. The van der Waals surface area contributed by atoms with Crippen LogP contribution in [-0.2, 0) is 4.79 Å². The molecule has 25 heavy (non-hydrogen) atoms. The maximum atomic E-state index is 13.3. The first-order valence-electron chi connectivity index (χ1n) is 8.91. The number of rotatable bonds is 6. The number of nitrogens with two attached hydrogens (primary N) is 1. The van der Waals surface area contributed by atoms with E-state index >= 15 is 0 Å². The van der Waals surface area contributed by atoms with Crippen LogP contribution in [0, 0.1) is 5.92 Å². The number of nitrogens with zero attached hydrogens (tertiary/aromatic N) is 2. The highest BCUT2D eigenvalue weighted by Crippen LogP contribution is 2.26. The quantitative estimate of drug-likeness (QED) is 0.809. The standard InChI is InChI=1S/C19H31N3O.2ClH/c1-4-21(5-2)18(16-10-7-6-8-11-16)19(23)22-13-9-12-17(14-22)15(3)20;;/h6-8,10-11,15,17-18H,4-5,9,12-14,20H2,1-3H3;2*1H. The van der Waals surface area contributed by atoms with Crippen molar-refractivity contribution in [2.45, 2.75) is 45.7 Å². The minimum Gasteiger partial charge on any atom is -0.341 e. The van der Waals surface area contributed by atoms with Crippen LogP contribution in [0.15, 0.2) is 30.3 Å². The summed E-state index contributed by atoms with van der Waals surface area (Å²) >= 11 is 0. The molecule has 1 aliphatic rings. The van der Waals surface area contributed by atoms with E-state index in [9.17, 15) is 4.79 Å². The molecule has 1 aliphatic heterocycles. The summed E-state index contributed by atoms with van der Waals surface area (Å²) in [6, 6.07) is 10.1. The molecule has 2 rings (SSSR count). The van der Waals surface area contributed by atoms with E-state index in [4.69, 9.17) is 5.73 Å². The summed E-state index contributed by atoms with van der Waals surface area (Å²) in [7, 11) is 0. The molecule has 6 heteroatoms. The Labute approximate surface area is 164 Å². The maximum Gasteiger partial charge on any atom is 0.244 e. The van der Waals surface area contributed by atoms with Crippen molar-refractivity contribution in [1.82, 2.24) is 9.80 Å². The summed E-state index contributed by atoms with van der Waals surface area (Å²) in [6.07, 6.45) is 2.18. The van der Waals surface area contributed by atoms with Crippen LogP contribution in [0.25, 0.3) is 0 Å². The molecule has 1 heterocycles. The number of hydrogen-bond donors (Lipinski definition) is 1. The minimum absolute atomic E-state index is 0. The van der Waals surface area contributed by atoms with E-state index in [0.29, 0.717) is 5.92 Å². The second-order valence-electron chi connectivity index (χ2n) is 6.58. The molecule has 0 spiro atoms. The third-order valence-electron chi connectivity index (χ3n) is 5.04. The van der Waals surface area contributed by atoms with E-state index in [1.54, 1.807) is 0 Å². The fourth-order valence-electron chi connectivity index (χ4n) is 3.55. The Kier molecular flexibility index (Phi) is 11.4. The molecule has 3 unspecified atom stereocenters. The smallest absolute Gasteiger partial charge is 0.244 e. The lowest BCUT2D eigenvalue weighted by Gasteiger charge is -2.39. The fraction of sp³-hybridized carbons (Fsp3) is 0.632. The number of carbonyl (C=O) groups excluding carboxylic acids is 1. The molecule has 1 amide bonds. The zero-order chi connectivity index (χ0) is 16.8. The van der Waals surface area contributed by atoms with Crippen molar-refractivity contribution in [2.75, 3.05) is 26.2 Å². The van der Waals surface area contributed by atoms with Crippen LogP contribution in [0.2, 0.25) is 0 Å². The van der Waals surface area contributed by atoms with Crippen LogP contribution in [-0.4, -0.2) is 47.9 Å². The molecule has 1 aromatic carbocycles. The molecule has 1 saturated heterocycles. The lowest BCUT2D eigenvalue weighted by atomic mass is 9.91. The van der Waals surface area contributed by atoms with E-state index in [0.717, 1.165) is 44.6 Å². The van der Waals surface area contributed by atoms with Gasteiger partial charge in [-0.25, -0.2) is 0 Å². The van der Waals surface area contributed by atoms with E-state index in [-0.39, 0.29) is 42.8 Å². The van der Waals surface area contributed by atoms with Gasteiger partial charge in [-0.15, -0.1) is 24.8 Å². The molecule has 0 saturated carbocycles. The Morgan fingerprint density at radius 3 is 2.36 bits per heavy atom. The van der Waals surface area contributed by atoms with Gasteiger partial charge in [-0.3, -0.25) is 9.69 Å². The van der Waals surface area contributed by atoms with Gasteiger partial charge in [-0.1, -0.05) is 44.2 Å². The molecule has 0 bridgehead atoms. The molecule has 1 aromatic rings. The Hall–Kier alpha value is -0.810. The van der Waals surface area contributed by atoms with Crippen molar-refractivity contribution in [3.05, 3.63) is 35.9 Å². The molecule has 0 aliphatic carbocycles. The van der Waals surface area contributed by atoms with Crippen LogP contribution in [0.5, 0.6) is 0 Å². The number of likely N-dealkylation sites (tertiary alicyclic amines) is 1. The number of benzene rings is 1. The Morgan fingerprint density at radius 1 is 1.24 bits per heavy atom. The lowest BCUT2D eigenvalue weighted by Crippen LogP contribution is -2.49. The maximum absolute atomic E-state index is 13.3. The fourth-order valence-corrected chi connectivity index (χ4v) is 3.55. The second kappa shape index (κ2) is 11.7. The van der Waals surface area contributed by atoms with Gasteiger partial charge in [0, 0.05) is 19.1 Å². The summed E-state index contributed by atoms with van der Waals surface area (Å²) in [6.45, 7) is 9.67. The third-order valence-corrected chi connectivity index (χ3v) is 5.04. The predicted octanol–water partition coefficient (Wildman–Crippen LogP) is 3.50. The Bertz CT molecular complexity index is 495. The molecular weight excluding hydrogens is 357 g/mol. The number of carbonyl (C=O) groups is 1. The third kappa shape index (κ3) is 6.14. The van der Waals surface area contributed by atoms with Gasteiger partial charge in [-0.05, 0) is 44.3 Å². The van der Waals surface area contributed by atoms with Gasteiger partial charge in [0.05, 0.1) is 0 Å². The van der Waals surface area contributed by atoms with Gasteiger partial charge >= 0.3 is 0 Å². The monoisotopic (exact) mass is 389 g/mol. The topological polar surface area (TPSA) is 49.6 Å². The normalized spacial score (nSPS) is 19.6. The summed E-state index contributed by atoms with van der Waals surface area (Å²) in [5.41, 5.74) is 7.17. The van der Waals surface area contributed by atoms with Crippen LogP contribution in [0.1, 0.15) is 45.2 Å². The number of amides is 1. The highest BCUT2D eigenvalue weighted by Gasteiger charge is 2.33. The van der Waals surface area contributed by atoms with Gasteiger partial charge in [0.2, 0.25) is 5.91 Å². The Balaban J connectivity index is 0.00000288. The molecule has 1 fully saturated rings. The summed E-state index contributed by atoms with van der Waals surface area (Å²) in [5.74, 6) is 0.645. The van der Waals surface area contributed by atoms with Crippen molar-refractivity contribution in [3.63, 3.8) is 0 Å². The van der Waals surface area contributed by atoms with Crippen molar-refractivity contribution in [2.24, 2.45) is 11.7 Å². The zero-order valence-electron chi connectivity index (χ0n) is 15.6. The van der Waals surface area contributed by atoms with Gasteiger partial charge < -0.3 is 10.6 Å². The van der Waals surface area contributed by atoms with Crippen molar-refractivity contribution < 1.29 is 4.79 Å². The highest BCUT2D eigenvalue weighted by atomic mass is 35.5. The summed E-state index contributed by atoms with van der Waals surface area (Å²) < 4.78 is 0. The van der Waals surface area contributed by atoms with E-state index in [1.165, 1.54) is 0 Å². The van der Waals surface area contributed by atoms with Crippen molar-refractivity contribution >= 4 is 30.7 Å². The molecular formula is C19H33Cl2N3O. The molecule has 144 valence electrons. The number of likely N-dealkylation sites (N-methyl/N-ethyl adjacent to an activating group) is 1. The lowest BCUT2D eigenvalue weighted by molar-refractivity contribution is -0.139. The largest absolute Gasteiger partial charge is 0.341 e. The number of piperidine rings is 1. The van der Waals surface area contributed by atoms with Gasteiger partial charge in [0.15, 0.2) is 0 Å². The van der Waals surface area contributed by atoms with Gasteiger partial charge in [0.25, 0.3) is 0 Å². The molecule has 4 nitrogen and oxygen atoms in total. The molecule has 0 aromatic heterocycles. The van der Waals surface area contributed by atoms with E-state index in [2.05, 4.69) is 37.8 Å². The average molecular weight is 390 g/mol. The zero-order valence-corrected chi connectivity index (χ0v) is 17.2.